The molecule has 0 N–H and O–H groups in total. The lowest BCUT2D eigenvalue weighted by atomic mass is 10.3. The summed E-state index contributed by atoms with van der Waals surface area (Å²) < 4.78 is 0. The van der Waals surface area contributed by atoms with Gasteiger partial charge in [-0.25, -0.2) is 0 Å². The van der Waals surface area contributed by atoms with E-state index >= 15 is 0 Å². The predicted octanol–water partition coefficient (Wildman–Crippen LogP) is 0.125. The second kappa shape index (κ2) is 4.44. The largest absolute Gasteiger partial charge is 0.382 e. The van der Waals surface area contributed by atoms with Crippen LogP contribution in [0.2, 0.25) is 5.54 Å². The quantitative estimate of drug-likeness (QED) is 0.558. The van der Waals surface area contributed by atoms with Crippen molar-refractivity contribution >= 4 is 10.2 Å². The standard InChI is InChI=1S/C8H20N2Si/c1-7(11)8(10(4)5)6-9(2)3/h6-7H,1-5,11H3. The van der Waals surface area contributed by atoms with Crippen molar-refractivity contribution in [2.45, 2.75) is 12.5 Å². The van der Waals surface area contributed by atoms with Crippen molar-refractivity contribution in [3.05, 3.63) is 11.9 Å². The van der Waals surface area contributed by atoms with Gasteiger partial charge in [-0.05, 0) is 5.54 Å². The molecule has 0 fully saturated rings. The Balaban J connectivity index is 4.33. The molecule has 0 amide bonds. The van der Waals surface area contributed by atoms with Crippen LogP contribution in [-0.4, -0.2) is 48.2 Å². The highest BCUT2D eigenvalue weighted by molar-refractivity contribution is 6.13. The van der Waals surface area contributed by atoms with Crippen molar-refractivity contribution in [2.24, 2.45) is 0 Å². The maximum Gasteiger partial charge on any atom is 0.0280 e. The molecule has 0 aromatic carbocycles. The Kier molecular flexibility index (Phi) is 4.26. The molecule has 1 atom stereocenters. The maximum absolute atomic E-state index is 2.27. The van der Waals surface area contributed by atoms with Gasteiger partial charge >= 0.3 is 0 Å². The average Bonchev–Trinajstić information content (AvgIpc) is 1.81. The minimum Gasteiger partial charge on any atom is -0.382 e. The van der Waals surface area contributed by atoms with Gasteiger partial charge < -0.3 is 9.80 Å². The molecule has 0 saturated carbocycles. The monoisotopic (exact) mass is 172 g/mol. The smallest absolute Gasteiger partial charge is 0.0280 e. The first kappa shape index (κ1) is 10.6. The molecular formula is C8H20N2Si. The van der Waals surface area contributed by atoms with Gasteiger partial charge in [0.2, 0.25) is 0 Å². The third kappa shape index (κ3) is 4.09. The summed E-state index contributed by atoms with van der Waals surface area (Å²) in [6.07, 6.45) is 2.19. The van der Waals surface area contributed by atoms with Gasteiger partial charge in [0.15, 0.2) is 0 Å². The van der Waals surface area contributed by atoms with Crippen LogP contribution in [0, 0.1) is 0 Å². The minimum atomic E-state index is 0.729. The van der Waals surface area contributed by atoms with Crippen molar-refractivity contribution in [1.82, 2.24) is 9.80 Å². The van der Waals surface area contributed by atoms with E-state index in [1.165, 1.54) is 15.9 Å². The van der Waals surface area contributed by atoms with E-state index in [0.29, 0.717) is 0 Å². The molecular weight excluding hydrogens is 152 g/mol. The van der Waals surface area contributed by atoms with E-state index < -0.39 is 0 Å². The fourth-order valence-electron chi connectivity index (χ4n) is 1.05. The van der Waals surface area contributed by atoms with Crippen LogP contribution in [-0.2, 0) is 0 Å². The van der Waals surface area contributed by atoms with Gasteiger partial charge in [-0.1, -0.05) is 6.92 Å². The Morgan fingerprint density at radius 1 is 1.27 bits per heavy atom. The molecule has 0 saturated heterocycles. The van der Waals surface area contributed by atoms with E-state index in [9.17, 15) is 0 Å². The fourth-order valence-corrected chi connectivity index (χ4v) is 1.71. The molecule has 0 aliphatic rings. The van der Waals surface area contributed by atoms with Gasteiger partial charge in [-0.2, -0.15) is 0 Å². The molecule has 1 unspecified atom stereocenters. The number of rotatable bonds is 3. The Morgan fingerprint density at radius 2 is 1.73 bits per heavy atom. The molecule has 0 aromatic heterocycles. The van der Waals surface area contributed by atoms with Gasteiger partial charge in [0, 0.05) is 50.3 Å². The molecule has 0 rings (SSSR count). The van der Waals surface area contributed by atoms with Crippen LogP contribution in [0.3, 0.4) is 0 Å². The molecule has 66 valence electrons. The number of hydrogen-bond donors (Lipinski definition) is 0. The minimum absolute atomic E-state index is 0.729. The van der Waals surface area contributed by atoms with Crippen molar-refractivity contribution in [3.8, 4) is 0 Å². The first-order valence-electron chi connectivity index (χ1n) is 4.00. The maximum atomic E-state index is 2.27. The van der Waals surface area contributed by atoms with Crippen LogP contribution < -0.4 is 0 Å². The SMILES string of the molecule is CC([SiH3])C(=CN(C)C)N(C)C. The summed E-state index contributed by atoms with van der Waals surface area (Å²) in [5, 5.41) is 0. The molecule has 0 radical (unpaired) electrons. The van der Waals surface area contributed by atoms with Crippen LogP contribution in [0.5, 0.6) is 0 Å². The highest BCUT2D eigenvalue weighted by Crippen LogP contribution is 2.14. The van der Waals surface area contributed by atoms with Gasteiger partial charge in [-0.15, -0.1) is 0 Å². The van der Waals surface area contributed by atoms with Gasteiger partial charge in [0.1, 0.15) is 0 Å². The van der Waals surface area contributed by atoms with Crippen molar-refractivity contribution in [3.63, 3.8) is 0 Å². The Bertz CT molecular complexity index is 129. The summed E-state index contributed by atoms with van der Waals surface area (Å²) in [5.41, 5.74) is 2.15. The average molecular weight is 172 g/mol. The second-order valence-electron chi connectivity index (χ2n) is 3.57. The second-order valence-corrected chi connectivity index (χ2v) is 5.30. The van der Waals surface area contributed by atoms with E-state index in [-0.39, 0.29) is 0 Å². The zero-order valence-corrected chi connectivity index (χ0v) is 10.5. The number of hydrogen-bond acceptors (Lipinski definition) is 2. The number of allylic oxidation sites excluding steroid dienone is 1. The van der Waals surface area contributed by atoms with Crippen molar-refractivity contribution in [2.75, 3.05) is 28.2 Å². The summed E-state index contributed by atoms with van der Waals surface area (Å²) in [7, 11) is 9.55. The van der Waals surface area contributed by atoms with Gasteiger partial charge in [0.25, 0.3) is 0 Å². The molecule has 0 bridgehead atoms. The van der Waals surface area contributed by atoms with Crippen LogP contribution >= 0.6 is 0 Å². The Hall–Kier alpha value is -0.443. The fraction of sp³-hybridized carbons (Fsp3) is 0.750. The van der Waals surface area contributed by atoms with Crippen LogP contribution in [0.25, 0.3) is 0 Å². The van der Waals surface area contributed by atoms with Gasteiger partial charge in [0.05, 0.1) is 0 Å². The van der Waals surface area contributed by atoms with Crippen LogP contribution in [0.4, 0.5) is 0 Å². The highest BCUT2D eigenvalue weighted by atomic mass is 28.1. The van der Waals surface area contributed by atoms with Crippen LogP contribution in [0.15, 0.2) is 11.9 Å². The summed E-state index contributed by atoms with van der Waals surface area (Å²) in [6, 6.07) is 0. The first-order chi connectivity index (χ1) is 4.95. The summed E-state index contributed by atoms with van der Waals surface area (Å²) in [4.78, 5) is 4.29. The Morgan fingerprint density at radius 3 is 1.82 bits per heavy atom. The molecule has 11 heavy (non-hydrogen) atoms. The summed E-state index contributed by atoms with van der Waals surface area (Å²) in [6.45, 7) is 2.27. The lowest BCUT2D eigenvalue weighted by Crippen LogP contribution is -2.18. The predicted molar refractivity (Wildman–Crippen MR) is 54.8 cm³/mol. The van der Waals surface area contributed by atoms with E-state index in [2.05, 4.69) is 51.1 Å². The van der Waals surface area contributed by atoms with Crippen molar-refractivity contribution in [1.29, 1.82) is 0 Å². The zero-order valence-electron chi connectivity index (χ0n) is 8.55. The topological polar surface area (TPSA) is 6.48 Å². The van der Waals surface area contributed by atoms with E-state index in [1.54, 1.807) is 0 Å². The molecule has 0 heterocycles. The zero-order chi connectivity index (χ0) is 9.02. The Labute approximate surface area is 73.3 Å². The highest BCUT2D eigenvalue weighted by Gasteiger charge is 2.04. The molecule has 2 nitrogen and oxygen atoms in total. The molecule has 0 aromatic rings. The van der Waals surface area contributed by atoms with Crippen molar-refractivity contribution < 1.29 is 0 Å². The summed E-state index contributed by atoms with van der Waals surface area (Å²) in [5.74, 6) is 0. The third-order valence-electron chi connectivity index (χ3n) is 1.50. The van der Waals surface area contributed by atoms with E-state index in [0.717, 1.165) is 5.54 Å². The first-order valence-corrected chi connectivity index (χ1v) is 5.16. The lowest BCUT2D eigenvalue weighted by Gasteiger charge is -2.22. The normalized spacial score (nSPS) is 14.8. The molecule has 3 heteroatoms. The molecule has 0 aliphatic carbocycles. The van der Waals surface area contributed by atoms with E-state index in [4.69, 9.17) is 0 Å². The third-order valence-corrected chi connectivity index (χ3v) is 2.09. The van der Waals surface area contributed by atoms with Crippen LogP contribution in [0.1, 0.15) is 6.92 Å². The number of nitrogens with zero attached hydrogens (tertiary/aromatic N) is 2. The molecule has 0 aliphatic heterocycles. The summed E-state index contributed by atoms with van der Waals surface area (Å²) >= 11 is 0. The molecule has 0 spiro atoms. The lowest BCUT2D eigenvalue weighted by molar-refractivity contribution is 0.458. The van der Waals surface area contributed by atoms with Gasteiger partial charge in [-0.3, -0.25) is 0 Å². The van der Waals surface area contributed by atoms with E-state index in [1.807, 2.05) is 0 Å².